The third kappa shape index (κ3) is 6.10. The van der Waals surface area contributed by atoms with E-state index in [0.717, 1.165) is 35.7 Å². The minimum atomic E-state index is 0.877. The third-order valence-corrected chi connectivity index (χ3v) is 7.63. The first-order valence-electron chi connectivity index (χ1n) is 11.8. The molecule has 0 unspecified atom stereocenters. The maximum atomic E-state index is 9.26. The van der Waals surface area contributed by atoms with E-state index in [-0.39, 0.29) is 0 Å². The van der Waals surface area contributed by atoms with Crippen LogP contribution in [0.15, 0.2) is 24.3 Å². The highest BCUT2D eigenvalue weighted by Gasteiger charge is 2.30. The number of aryl methyl sites for hydroxylation is 1. The summed E-state index contributed by atoms with van der Waals surface area (Å²) in [6.45, 7) is 2.32. The summed E-state index contributed by atoms with van der Waals surface area (Å²) in [5.74, 6) is 3.99. The molecule has 1 heteroatoms. The van der Waals surface area contributed by atoms with Gasteiger partial charge in [0.15, 0.2) is 0 Å². The smallest absolute Gasteiger partial charge is 0.0994 e. The maximum Gasteiger partial charge on any atom is 0.0994 e. The van der Waals surface area contributed by atoms with Crippen molar-refractivity contribution in [3.8, 4) is 6.07 Å². The number of unbranched alkanes of at least 4 members (excludes halogenated alkanes) is 2. The van der Waals surface area contributed by atoms with Crippen LogP contribution in [0, 0.1) is 35.0 Å². The van der Waals surface area contributed by atoms with E-state index in [1.54, 1.807) is 0 Å². The summed E-state index contributed by atoms with van der Waals surface area (Å²) in [5, 5.41) is 9.26. The average molecular weight is 366 g/mol. The third-order valence-electron chi connectivity index (χ3n) is 7.63. The quantitative estimate of drug-likeness (QED) is 0.433. The van der Waals surface area contributed by atoms with Crippen molar-refractivity contribution in [1.82, 2.24) is 0 Å². The first-order chi connectivity index (χ1) is 13.3. The topological polar surface area (TPSA) is 23.8 Å². The molecule has 3 rings (SSSR count). The molecular formula is C26H39N. The molecule has 0 aliphatic heterocycles. The summed E-state index contributed by atoms with van der Waals surface area (Å²) in [6, 6.07) is 10.5. The normalized spacial score (nSPS) is 28.6. The van der Waals surface area contributed by atoms with Crippen LogP contribution in [0.5, 0.6) is 0 Å². The Morgan fingerprint density at radius 1 is 0.815 bits per heavy atom. The summed E-state index contributed by atoms with van der Waals surface area (Å²) in [5.41, 5.74) is 2.13. The van der Waals surface area contributed by atoms with E-state index >= 15 is 0 Å². The molecule has 1 nitrogen and oxygen atoms in total. The zero-order valence-corrected chi connectivity index (χ0v) is 17.5. The fourth-order valence-electron chi connectivity index (χ4n) is 5.79. The molecule has 1 aromatic carbocycles. The fourth-order valence-corrected chi connectivity index (χ4v) is 5.79. The summed E-state index contributed by atoms with van der Waals surface area (Å²) in [7, 11) is 0. The number of benzene rings is 1. The van der Waals surface area contributed by atoms with Gasteiger partial charge in [0.1, 0.15) is 0 Å². The molecule has 27 heavy (non-hydrogen) atoms. The lowest BCUT2D eigenvalue weighted by Crippen LogP contribution is -2.26. The highest BCUT2D eigenvalue weighted by Crippen LogP contribution is 2.43. The van der Waals surface area contributed by atoms with Gasteiger partial charge < -0.3 is 0 Å². The SMILES string of the molecule is CCCCCC1CCC(C2CCC(CCc3ccccc3C#N)CC2)CC1. The first-order valence-corrected chi connectivity index (χ1v) is 11.8. The molecule has 0 N–H and O–H groups in total. The van der Waals surface area contributed by atoms with Gasteiger partial charge in [0, 0.05) is 0 Å². The van der Waals surface area contributed by atoms with Crippen LogP contribution < -0.4 is 0 Å². The van der Waals surface area contributed by atoms with Crippen molar-refractivity contribution >= 4 is 0 Å². The van der Waals surface area contributed by atoms with Gasteiger partial charge in [-0.3, -0.25) is 0 Å². The van der Waals surface area contributed by atoms with Crippen LogP contribution in [0.2, 0.25) is 0 Å². The van der Waals surface area contributed by atoms with Gasteiger partial charge >= 0.3 is 0 Å². The Kier molecular flexibility index (Phi) is 8.25. The van der Waals surface area contributed by atoms with Crippen LogP contribution in [0.3, 0.4) is 0 Å². The second kappa shape index (κ2) is 10.9. The van der Waals surface area contributed by atoms with Gasteiger partial charge in [-0.05, 0) is 73.8 Å². The van der Waals surface area contributed by atoms with Crippen molar-refractivity contribution in [1.29, 1.82) is 5.26 Å². The number of nitrogens with zero attached hydrogens (tertiary/aromatic N) is 1. The summed E-state index contributed by atoms with van der Waals surface area (Å²) < 4.78 is 0. The van der Waals surface area contributed by atoms with Crippen LogP contribution in [0.4, 0.5) is 0 Å². The van der Waals surface area contributed by atoms with Crippen LogP contribution >= 0.6 is 0 Å². The van der Waals surface area contributed by atoms with Crippen LogP contribution in [-0.4, -0.2) is 0 Å². The number of hydrogen-bond acceptors (Lipinski definition) is 1. The van der Waals surface area contributed by atoms with Gasteiger partial charge in [-0.15, -0.1) is 0 Å². The van der Waals surface area contributed by atoms with Crippen molar-refractivity contribution < 1.29 is 0 Å². The minimum Gasteiger partial charge on any atom is -0.192 e. The Balaban J connectivity index is 1.35. The molecule has 2 aliphatic carbocycles. The van der Waals surface area contributed by atoms with Crippen molar-refractivity contribution in [3.63, 3.8) is 0 Å². The number of rotatable bonds is 8. The van der Waals surface area contributed by atoms with Crippen LogP contribution in [0.1, 0.15) is 102 Å². The van der Waals surface area contributed by atoms with Crippen LogP contribution in [-0.2, 0) is 6.42 Å². The number of hydrogen-bond donors (Lipinski definition) is 0. The summed E-state index contributed by atoms with van der Waals surface area (Å²) >= 11 is 0. The minimum absolute atomic E-state index is 0.877. The monoisotopic (exact) mass is 365 g/mol. The molecule has 1 aromatic rings. The molecule has 148 valence electrons. The standard InChI is InChI=1S/C26H39N/c1-2-3-4-7-21-10-16-24(17-11-21)25-18-13-22(14-19-25)12-15-23-8-5-6-9-26(23)20-27/h5-6,8-9,21-22,24-25H,2-4,7,10-19H2,1H3. The lowest BCUT2D eigenvalue weighted by atomic mass is 9.68. The van der Waals surface area contributed by atoms with Crippen molar-refractivity contribution in [2.75, 3.05) is 0 Å². The molecule has 2 saturated carbocycles. The molecule has 0 saturated heterocycles. The van der Waals surface area contributed by atoms with E-state index in [1.807, 2.05) is 12.1 Å². The highest BCUT2D eigenvalue weighted by atomic mass is 14.4. The van der Waals surface area contributed by atoms with Crippen molar-refractivity contribution in [2.45, 2.75) is 96.8 Å². The van der Waals surface area contributed by atoms with Gasteiger partial charge in [0.05, 0.1) is 11.6 Å². The predicted octanol–water partition coefficient (Wildman–Crippen LogP) is 7.68. The molecular weight excluding hydrogens is 326 g/mol. The maximum absolute atomic E-state index is 9.26. The Morgan fingerprint density at radius 2 is 1.41 bits per heavy atom. The Labute approximate surface area is 167 Å². The summed E-state index contributed by atoms with van der Waals surface area (Å²) in [4.78, 5) is 0. The van der Waals surface area contributed by atoms with E-state index in [1.165, 1.54) is 89.0 Å². The molecule has 0 spiro atoms. The highest BCUT2D eigenvalue weighted by molar-refractivity contribution is 5.37. The average Bonchev–Trinajstić information content (AvgIpc) is 2.73. The van der Waals surface area contributed by atoms with Crippen molar-refractivity contribution in [2.24, 2.45) is 23.7 Å². The fraction of sp³-hybridized carbons (Fsp3) is 0.731. The van der Waals surface area contributed by atoms with E-state index in [9.17, 15) is 5.26 Å². The van der Waals surface area contributed by atoms with E-state index in [4.69, 9.17) is 0 Å². The van der Waals surface area contributed by atoms with E-state index in [2.05, 4.69) is 25.1 Å². The zero-order valence-electron chi connectivity index (χ0n) is 17.5. The summed E-state index contributed by atoms with van der Waals surface area (Å²) in [6.07, 6.45) is 20.0. The van der Waals surface area contributed by atoms with Crippen molar-refractivity contribution in [3.05, 3.63) is 35.4 Å². The van der Waals surface area contributed by atoms with Gasteiger partial charge in [0.25, 0.3) is 0 Å². The Hall–Kier alpha value is -1.29. The van der Waals surface area contributed by atoms with Crippen LogP contribution in [0.25, 0.3) is 0 Å². The first kappa shape index (κ1) is 20.4. The Morgan fingerprint density at radius 3 is 2.00 bits per heavy atom. The largest absolute Gasteiger partial charge is 0.192 e. The molecule has 0 amide bonds. The zero-order chi connectivity index (χ0) is 18.9. The molecule has 2 fully saturated rings. The van der Waals surface area contributed by atoms with Gasteiger partial charge in [-0.2, -0.15) is 5.26 Å². The van der Waals surface area contributed by atoms with Gasteiger partial charge in [-0.1, -0.05) is 76.5 Å². The predicted molar refractivity (Wildman–Crippen MR) is 115 cm³/mol. The molecule has 2 aliphatic rings. The van der Waals surface area contributed by atoms with Gasteiger partial charge in [-0.25, -0.2) is 0 Å². The van der Waals surface area contributed by atoms with Gasteiger partial charge in [0.2, 0.25) is 0 Å². The molecule has 0 aromatic heterocycles. The Bertz CT molecular complexity index is 582. The molecule has 0 radical (unpaired) electrons. The number of nitriles is 1. The second-order valence-electron chi connectivity index (χ2n) is 9.37. The second-order valence-corrected chi connectivity index (χ2v) is 9.37. The van der Waals surface area contributed by atoms with E-state index < -0.39 is 0 Å². The lowest BCUT2D eigenvalue weighted by molar-refractivity contribution is 0.140. The molecule has 0 bridgehead atoms. The lowest BCUT2D eigenvalue weighted by Gasteiger charge is -2.38. The molecule has 0 heterocycles. The van der Waals surface area contributed by atoms with E-state index in [0.29, 0.717) is 0 Å². The molecule has 0 atom stereocenters.